The number of nitrogens with two attached hydrogens (primary N) is 1. The number of ketones is 1. The number of hydrogen-bond acceptors (Lipinski definition) is 4. The number of carbonyl (C=O) groups excluding carboxylic acids is 1. The van der Waals surface area contributed by atoms with Crippen LogP contribution in [0.5, 0.6) is 11.5 Å². The van der Waals surface area contributed by atoms with Crippen molar-refractivity contribution in [3.63, 3.8) is 0 Å². The average Bonchev–Trinajstić information content (AvgIpc) is 2.49. The van der Waals surface area contributed by atoms with Crippen LogP contribution in [0, 0.1) is 0 Å². The van der Waals surface area contributed by atoms with Gasteiger partial charge >= 0.3 is 0 Å². The van der Waals surface area contributed by atoms with Gasteiger partial charge in [0, 0.05) is 22.9 Å². The van der Waals surface area contributed by atoms with Crippen molar-refractivity contribution in [3.8, 4) is 11.5 Å². The Bertz CT molecular complexity index is 609. The molecule has 0 aliphatic rings. The summed E-state index contributed by atoms with van der Waals surface area (Å²) in [5, 5.41) is 0. The van der Waals surface area contributed by atoms with Gasteiger partial charge in [0.05, 0.1) is 13.7 Å². The highest BCUT2D eigenvalue weighted by Crippen LogP contribution is 2.33. The fraction of sp³-hybridized carbons (Fsp3) is 0.188. The van der Waals surface area contributed by atoms with Crippen LogP contribution in [-0.4, -0.2) is 19.5 Å². The van der Waals surface area contributed by atoms with Crippen molar-refractivity contribution < 1.29 is 14.3 Å². The molecular weight excluding hydrogens is 254 g/mol. The number of hydrogen-bond donors (Lipinski definition) is 1. The van der Waals surface area contributed by atoms with Gasteiger partial charge in [0.25, 0.3) is 0 Å². The first kappa shape index (κ1) is 13.9. The summed E-state index contributed by atoms with van der Waals surface area (Å²) in [4.78, 5) is 12.4. The van der Waals surface area contributed by atoms with Crippen LogP contribution in [0.2, 0.25) is 0 Å². The first-order valence-electron chi connectivity index (χ1n) is 6.37. The molecule has 2 rings (SSSR count). The summed E-state index contributed by atoms with van der Waals surface area (Å²) in [6.45, 7) is 2.35. The van der Waals surface area contributed by atoms with E-state index in [1.807, 2.05) is 25.1 Å². The van der Waals surface area contributed by atoms with Crippen molar-refractivity contribution in [1.29, 1.82) is 0 Å². The second-order valence-corrected chi connectivity index (χ2v) is 4.22. The van der Waals surface area contributed by atoms with Crippen molar-refractivity contribution in [1.82, 2.24) is 0 Å². The Kier molecular flexibility index (Phi) is 4.25. The lowest BCUT2D eigenvalue weighted by Crippen LogP contribution is -2.07. The smallest absolute Gasteiger partial charge is 0.195 e. The maximum absolute atomic E-state index is 12.4. The molecule has 0 radical (unpaired) electrons. The molecule has 4 heteroatoms. The number of anilines is 1. The summed E-state index contributed by atoms with van der Waals surface area (Å²) >= 11 is 0. The molecule has 0 amide bonds. The van der Waals surface area contributed by atoms with Crippen molar-refractivity contribution >= 4 is 11.5 Å². The minimum absolute atomic E-state index is 0.133. The van der Waals surface area contributed by atoms with Gasteiger partial charge in [0.2, 0.25) is 0 Å². The van der Waals surface area contributed by atoms with Crippen LogP contribution in [0.25, 0.3) is 0 Å². The minimum Gasteiger partial charge on any atom is -0.493 e. The van der Waals surface area contributed by atoms with E-state index in [-0.39, 0.29) is 5.78 Å². The van der Waals surface area contributed by atoms with Gasteiger partial charge < -0.3 is 15.2 Å². The predicted molar refractivity (Wildman–Crippen MR) is 78.4 cm³/mol. The molecule has 20 heavy (non-hydrogen) atoms. The Labute approximate surface area is 118 Å². The zero-order chi connectivity index (χ0) is 14.5. The van der Waals surface area contributed by atoms with E-state index in [0.717, 1.165) is 0 Å². The summed E-state index contributed by atoms with van der Waals surface area (Å²) in [5.74, 6) is 0.907. The molecule has 0 fully saturated rings. The molecular formula is C16H17NO3. The molecule has 0 heterocycles. The summed E-state index contributed by atoms with van der Waals surface area (Å²) < 4.78 is 10.7. The molecule has 2 N–H and O–H groups in total. The van der Waals surface area contributed by atoms with Gasteiger partial charge in [0.1, 0.15) is 0 Å². The molecule has 0 bridgehead atoms. The van der Waals surface area contributed by atoms with Crippen LogP contribution >= 0.6 is 0 Å². The van der Waals surface area contributed by atoms with Gasteiger partial charge in [-0.2, -0.15) is 0 Å². The number of ether oxygens (including phenoxy) is 2. The SMILES string of the molecule is CCOc1cc(C(=O)c2ccccc2)c(N)cc1OC. The second-order valence-electron chi connectivity index (χ2n) is 4.22. The monoisotopic (exact) mass is 271 g/mol. The summed E-state index contributed by atoms with van der Waals surface area (Å²) in [6.07, 6.45) is 0. The normalized spacial score (nSPS) is 10.1. The fourth-order valence-corrected chi connectivity index (χ4v) is 1.95. The van der Waals surface area contributed by atoms with E-state index in [0.29, 0.717) is 34.9 Å². The van der Waals surface area contributed by atoms with Crippen molar-refractivity contribution in [3.05, 3.63) is 53.6 Å². The zero-order valence-corrected chi connectivity index (χ0v) is 11.6. The standard InChI is InChI=1S/C16H17NO3/c1-3-20-15-9-12(13(17)10-14(15)19-2)16(18)11-7-5-4-6-8-11/h4-10H,3,17H2,1-2H3. The molecule has 0 unspecified atom stereocenters. The predicted octanol–water partition coefficient (Wildman–Crippen LogP) is 2.91. The molecule has 0 aliphatic carbocycles. The van der Waals surface area contributed by atoms with Crippen LogP contribution in [-0.2, 0) is 0 Å². The average molecular weight is 271 g/mol. The summed E-state index contributed by atoms with van der Waals surface area (Å²) in [7, 11) is 1.54. The molecule has 0 saturated heterocycles. The highest BCUT2D eigenvalue weighted by Gasteiger charge is 2.16. The lowest BCUT2D eigenvalue weighted by atomic mass is 10.0. The van der Waals surface area contributed by atoms with Crippen LogP contribution in [0.15, 0.2) is 42.5 Å². The Morgan fingerprint density at radius 2 is 1.85 bits per heavy atom. The molecule has 0 aromatic heterocycles. The summed E-state index contributed by atoms with van der Waals surface area (Å²) in [6, 6.07) is 12.2. The third-order valence-corrected chi connectivity index (χ3v) is 2.92. The first-order chi connectivity index (χ1) is 9.67. The van der Waals surface area contributed by atoms with Gasteiger partial charge in [0.15, 0.2) is 17.3 Å². The van der Waals surface area contributed by atoms with E-state index in [9.17, 15) is 4.79 Å². The van der Waals surface area contributed by atoms with Crippen LogP contribution in [0.4, 0.5) is 5.69 Å². The molecule has 0 spiro atoms. The Balaban J connectivity index is 2.46. The van der Waals surface area contributed by atoms with E-state index >= 15 is 0 Å². The molecule has 4 nitrogen and oxygen atoms in total. The van der Waals surface area contributed by atoms with Gasteiger partial charge in [-0.05, 0) is 13.0 Å². The van der Waals surface area contributed by atoms with Crippen molar-refractivity contribution in [2.45, 2.75) is 6.92 Å². The highest BCUT2D eigenvalue weighted by atomic mass is 16.5. The van der Waals surface area contributed by atoms with E-state index in [4.69, 9.17) is 15.2 Å². The van der Waals surface area contributed by atoms with Crippen LogP contribution in [0.3, 0.4) is 0 Å². The number of nitrogen functional groups attached to an aromatic ring is 1. The Morgan fingerprint density at radius 3 is 2.45 bits per heavy atom. The quantitative estimate of drug-likeness (QED) is 0.671. The molecule has 104 valence electrons. The topological polar surface area (TPSA) is 61.5 Å². The third kappa shape index (κ3) is 2.74. The molecule has 2 aromatic rings. The number of benzene rings is 2. The van der Waals surface area contributed by atoms with Crippen LogP contribution < -0.4 is 15.2 Å². The van der Waals surface area contributed by atoms with Gasteiger partial charge in [-0.1, -0.05) is 30.3 Å². The first-order valence-corrected chi connectivity index (χ1v) is 6.37. The van der Waals surface area contributed by atoms with E-state index in [2.05, 4.69) is 0 Å². The fourth-order valence-electron chi connectivity index (χ4n) is 1.95. The van der Waals surface area contributed by atoms with E-state index in [1.54, 1.807) is 24.3 Å². The van der Waals surface area contributed by atoms with Crippen LogP contribution in [0.1, 0.15) is 22.8 Å². The molecule has 0 atom stereocenters. The minimum atomic E-state index is -0.133. The van der Waals surface area contributed by atoms with Crippen molar-refractivity contribution in [2.75, 3.05) is 19.5 Å². The van der Waals surface area contributed by atoms with E-state index in [1.165, 1.54) is 7.11 Å². The maximum atomic E-state index is 12.4. The lowest BCUT2D eigenvalue weighted by molar-refractivity contribution is 0.103. The largest absolute Gasteiger partial charge is 0.493 e. The Morgan fingerprint density at radius 1 is 1.15 bits per heavy atom. The number of methoxy groups -OCH3 is 1. The lowest BCUT2D eigenvalue weighted by Gasteiger charge is -2.13. The highest BCUT2D eigenvalue weighted by molar-refractivity contribution is 6.12. The van der Waals surface area contributed by atoms with E-state index < -0.39 is 0 Å². The maximum Gasteiger partial charge on any atom is 0.195 e. The zero-order valence-electron chi connectivity index (χ0n) is 11.6. The van der Waals surface area contributed by atoms with Gasteiger partial charge in [-0.15, -0.1) is 0 Å². The van der Waals surface area contributed by atoms with Crippen molar-refractivity contribution in [2.24, 2.45) is 0 Å². The summed E-state index contributed by atoms with van der Waals surface area (Å²) in [5.41, 5.74) is 7.32. The van der Waals surface area contributed by atoms with Gasteiger partial charge in [-0.25, -0.2) is 0 Å². The molecule has 0 saturated carbocycles. The van der Waals surface area contributed by atoms with Gasteiger partial charge in [-0.3, -0.25) is 4.79 Å². The second kappa shape index (κ2) is 6.10. The molecule has 0 aliphatic heterocycles. The Hall–Kier alpha value is -2.49. The third-order valence-electron chi connectivity index (χ3n) is 2.92. The number of rotatable bonds is 5. The molecule has 2 aromatic carbocycles. The number of carbonyl (C=O) groups is 1.